The number of halogens is 2. The Bertz CT molecular complexity index is 572. The van der Waals surface area contributed by atoms with E-state index in [2.05, 4.69) is 10.3 Å². The number of nitrogens with one attached hydrogen (secondary N) is 1. The largest absolute Gasteiger partial charge is 0.397 e. The number of nitrogen functional groups attached to an aromatic ring is 1. The lowest BCUT2D eigenvalue weighted by Gasteiger charge is -2.08. The SMILES string of the molecule is Cc1cc(NCc2cc(Cl)ccc2F)ncc1N. The maximum atomic E-state index is 13.5. The normalized spacial score (nSPS) is 10.4. The van der Waals surface area contributed by atoms with Gasteiger partial charge in [0.1, 0.15) is 11.6 Å². The summed E-state index contributed by atoms with van der Waals surface area (Å²) in [5.74, 6) is 0.361. The minimum Gasteiger partial charge on any atom is -0.397 e. The van der Waals surface area contributed by atoms with Gasteiger partial charge in [-0.05, 0) is 36.8 Å². The lowest BCUT2D eigenvalue weighted by Crippen LogP contribution is -2.04. The van der Waals surface area contributed by atoms with Crippen LogP contribution in [0.1, 0.15) is 11.1 Å². The summed E-state index contributed by atoms with van der Waals surface area (Å²) in [5, 5.41) is 3.54. The Balaban J connectivity index is 2.11. The maximum absolute atomic E-state index is 13.5. The zero-order valence-corrected chi connectivity index (χ0v) is 10.6. The highest BCUT2D eigenvalue weighted by Gasteiger charge is 2.04. The number of pyridine rings is 1. The highest BCUT2D eigenvalue weighted by Crippen LogP contribution is 2.17. The van der Waals surface area contributed by atoms with Gasteiger partial charge in [-0.2, -0.15) is 0 Å². The van der Waals surface area contributed by atoms with Crippen LogP contribution in [0.5, 0.6) is 0 Å². The Kier molecular flexibility index (Phi) is 3.67. The molecule has 0 radical (unpaired) electrons. The van der Waals surface area contributed by atoms with Gasteiger partial charge in [0.05, 0.1) is 11.9 Å². The van der Waals surface area contributed by atoms with Crippen molar-refractivity contribution in [1.82, 2.24) is 4.98 Å². The number of aryl methyl sites for hydroxylation is 1. The maximum Gasteiger partial charge on any atom is 0.128 e. The smallest absolute Gasteiger partial charge is 0.128 e. The first-order valence-electron chi connectivity index (χ1n) is 5.46. The van der Waals surface area contributed by atoms with E-state index in [4.69, 9.17) is 17.3 Å². The van der Waals surface area contributed by atoms with Gasteiger partial charge in [0.2, 0.25) is 0 Å². The van der Waals surface area contributed by atoms with Gasteiger partial charge >= 0.3 is 0 Å². The molecule has 0 amide bonds. The van der Waals surface area contributed by atoms with Gasteiger partial charge < -0.3 is 11.1 Å². The second-order valence-corrected chi connectivity index (χ2v) is 4.45. The van der Waals surface area contributed by atoms with E-state index in [0.717, 1.165) is 5.56 Å². The van der Waals surface area contributed by atoms with Gasteiger partial charge in [-0.25, -0.2) is 9.37 Å². The molecule has 18 heavy (non-hydrogen) atoms. The molecule has 1 heterocycles. The fourth-order valence-corrected chi connectivity index (χ4v) is 1.72. The van der Waals surface area contributed by atoms with Crippen LogP contribution in [0.25, 0.3) is 0 Å². The van der Waals surface area contributed by atoms with E-state index in [-0.39, 0.29) is 5.82 Å². The van der Waals surface area contributed by atoms with Crippen LogP contribution in [-0.4, -0.2) is 4.98 Å². The molecule has 0 aliphatic rings. The molecule has 2 aromatic rings. The van der Waals surface area contributed by atoms with Crippen molar-refractivity contribution in [3.05, 3.63) is 52.4 Å². The first-order chi connectivity index (χ1) is 8.56. The molecule has 0 fully saturated rings. The summed E-state index contributed by atoms with van der Waals surface area (Å²) in [6, 6.07) is 6.28. The van der Waals surface area contributed by atoms with Crippen molar-refractivity contribution in [2.24, 2.45) is 0 Å². The van der Waals surface area contributed by atoms with Crippen LogP contribution in [0.3, 0.4) is 0 Å². The molecule has 3 N–H and O–H groups in total. The highest BCUT2D eigenvalue weighted by molar-refractivity contribution is 6.30. The Morgan fingerprint density at radius 2 is 2.17 bits per heavy atom. The average Bonchev–Trinajstić information content (AvgIpc) is 2.34. The molecule has 0 spiro atoms. The van der Waals surface area contributed by atoms with Gasteiger partial charge in [-0.3, -0.25) is 0 Å². The van der Waals surface area contributed by atoms with E-state index >= 15 is 0 Å². The lowest BCUT2D eigenvalue weighted by molar-refractivity contribution is 0.613. The van der Waals surface area contributed by atoms with Crippen LogP contribution in [0.2, 0.25) is 5.02 Å². The van der Waals surface area contributed by atoms with E-state index in [1.165, 1.54) is 12.1 Å². The fraction of sp³-hybridized carbons (Fsp3) is 0.154. The summed E-state index contributed by atoms with van der Waals surface area (Å²) >= 11 is 5.82. The Labute approximate surface area is 110 Å². The molecule has 0 bridgehead atoms. The molecule has 1 aromatic carbocycles. The summed E-state index contributed by atoms with van der Waals surface area (Å²) in [4.78, 5) is 4.11. The van der Waals surface area contributed by atoms with E-state index in [1.54, 1.807) is 12.3 Å². The molecule has 3 nitrogen and oxygen atoms in total. The van der Waals surface area contributed by atoms with Crippen LogP contribution in [0.4, 0.5) is 15.9 Å². The number of anilines is 2. The first-order valence-corrected chi connectivity index (χ1v) is 5.84. The summed E-state index contributed by atoms with van der Waals surface area (Å²) in [7, 11) is 0. The third-order valence-electron chi connectivity index (χ3n) is 2.62. The Morgan fingerprint density at radius 3 is 2.89 bits per heavy atom. The van der Waals surface area contributed by atoms with Gasteiger partial charge in [-0.1, -0.05) is 11.6 Å². The molecule has 0 unspecified atom stereocenters. The molecule has 0 saturated carbocycles. The van der Waals surface area contributed by atoms with Crippen molar-refractivity contribution in [2.75, 3.05) is 11.1 Å². The monoisotopic (exact) mass is 265 g/mol. The number of aromatic nitrogens is 1. The molecule has 2 rings (SSSR count). The van der Waals surface area contributed by atoms with Gasteiger partial charge in [0, 0.05) is 17.1 Å². The quantitative estimate of drug-likeness (QED) is 0.895. The van der Waals surface area contributed by atoms with Gasteiger partial charge in [0.15, 0.2) is 0 Å². The fourth-order valence-electron chi connectivity index (χ4n) is 1.53. The zero-order valence-electron chi connectivity index (χ0n) is 9.87. The first kappa shape index (κ1) is 12.6. The molecule has 0 atom stereocenters. The van der Waals surface area contributed by atoms with Crippen LogP contribution in [-0.2, 0) is 6.54 Å². The standard InChI is InChI=1S/C13H13ClFN3/c1-8-4-13(18-7-12(8)16)17-6-9-5-10(14)2-3-11(9)15/h2-5,7H,6,16H2,1H3,(H,17,18). The molecular formula is C13H13ClFN3. The predicted octanol–water partition coefficient (Wildman–Crippen LogP) is 3.38. The Hall–Kier alpha value is -1.81. The van der Waals surface area contributed by atoms with E-state index in [1.807, 2.05) is 13.0 Å². The number of nitrogens with zero attached hydrogens (tertiary/aromatic N) is 1. The van der Waals surface area contributed by atoms with Crippen molar-refractivity contribution in [1.29, 1.82) is 0 Å². The molecular weight excluding hydrogens is 253 g/mol. The molecule has 94 valence electrons. The second kappa shape index (κ2) is 5.23. The molecule has 0 saturated heterocycles. The van der Waals surface area contributed by atoms with Crippen molar-refractivity contribution < 1.29 is 4.39 Å². The minimum absolute atomic E-state index is 0.293. The van der Waals surface area contributed by atoms with Crippen molar-refractivity contribution in [3.63, 3.8) is 0 Å². The van der Waals surface area contributed by atoms with Crippen molar-refractivity contribution in [3.8, 4) is 0 Å². The number of hydrogen-bond donors (Lipinski definition) is 2. The van der Waals surface area contributed by atoms with E-state index in [0.29, 0.717) is 28.6 Å². The minimum atomic E-state index is -0.293. The molecule has 1 aromatic heterocycles. The van der Waals surface area contributed by atoms with Crippen LogP contribution in [0.15, 0.2) is 30.5 Å². The number of hydrogen-bond acceptors (Lipinski definition) is 3. The highest BCUT2D eigenvalue weighted by atomic mass is 35.5. The topological polar surface area (TPSA) is 50.9 Å². The predicted molar refractivity (Wildman–Crippen MR) is 72.1 cm³/mol. The average molecular weight is 266 g/mol. The van der Waals surface area contributed by atoms with Crippen LogP contribution in [0, 0.1) is 12.7 Å². The number of benzene rings is 1. The third-order valence-corrected chi connectivity index (χ3v) is 2.85. The summed E-state index contributed by atoms with van der Waals surface area (Å²) in [5.41, 5.74) is 7.73. The summed E-state index contributed by atoms with van der Waals surface area (Å²) in [6.45, 7) is 2.21. The molecule has 0 aliphatic heterocycles. The molecule has 0 aliphatic carbocycles. The van der Waals surface area contributed by atoms with Crippen LogP contribution < -0.4 is 11.1 Å². The summed E-state index contributed by atoms with van der Waals surface area (Å²) in [6.07, 6.45) is 1.58. The third kappa shape index (κ3) is 2.90. The molecule has 5 heteroatoms. The van der Waals surface area contributed by atoms with Crippen molar-refractivity contribution >= 4 is 23.1 Å². The number of rotatable bonds is 3. The lowest BCUT2D eigenvalue weighted by atomic mass is 10.2. The Morgan fingerprint density at radius 1 is 1.39 bits per heavy atom. The van der Waals surface area contributed by atoms with Gasteiger partial charge in [0.25, 0.3) is 0 Å². The van der Waals surface area contributed by atoms with Crippen molar-refractivity contribution in [2.45, 2.75) is 13.5 Å². The van der Waals surface area contributed by atoms with E-state index < -0.39 is 0 Å². The van der Waals surface area contributed by atoms with E-state index in [9.17, 15) is 4.39 Å². The summed E-state index contributed by atoms with van der Waals surface area (Å²) < 4.78 is 13.5. The second-order valence-electron chi connectivity index (χ2n) is 4.02. The van der Waals surface area contributed by atoms with Crippen LogP contribution >= 0.6 is 11.6 Å². The number of nitrogens with two attached hydrogens (primary N) is 1. The zero-order chi connectivity index (χ0) is 13.1. The van der Waals surface area contributed by atoms with Gasteiger partial charge in [-0.15, -0.1) is 0 Å².